The molecule has 90 valence electrons. The number of carbonyl (C=O) groups excluding carboxylic acids is 1. The number of hydrogen-bond donors (Lipinski definition) is 0. The summed E-state index contributed by atoms with van der Waals surface area (Å²) in [7, 11) is 1.89. The molecule has 1 amide bonds. The minimum Gasteiger partial charge on any atom is -0.346 e. The second-order valence-corrected chi connectivity index (χ2v) is 6.12. The lowest BCUT2D eigenvalue weighted by atomic mass is 9.80. The molecule has 1 unspecified atom stereocenters. The Morgan fingerprint density at radius 1 is 1.40 bits per heavy atom. The molecule has 0 aliphatic heterocycles. The number of rotatable bonds is 5. The Morgan fingerprint density at radius 2 is 1.93 bits per heavy atom. The second kappa shape index (κ2) is 6.51. The molecule has 0 aliphatic rings. The lowest BCUT2D eigenvalue weighted by molar-refractivity contribution is -0.131. The third-order valence-corrected chi connectivity index (χ3v) is 3.57. The van der Waals surface area contributed by atoms with Crippen LogP contribution in [0.15, 0.2) is 0 Å². The average molecular weight is 278 g/mol. The molecule has 0 fully saturated rings. The second-order valence-electron chi connectivity index (χ2n) is 5.33. The third-order valence-electron chi connectivity index (χ3n) is 3.01. The van der Waals surface area contributed by atoms with Gasteiger partial charge in [-0.2, -0.15) is 0 Å². The Balaban J connectivity index is 4.02. The molecule has 0 rings (SSSR count). The molecule has 0 aromatic heterocycles. The standard InChI is InChI=1S/C12H24BrNO/c1-10(12(2,3)4)9-11(15)14(5)8-6-7-13/h10H,6-9H2,1-5H3. The molecule has 15 heavy (non-hydrogen) atoms. The zero-order chi connectivity index (χ0) is 12.1. The van der Waals surface area contributed by atoms with Gasteiger partial charge in [-0.3, -0.25) is 4.79 Å². The Hall–Kier alpha value is -0.0500. The van der Waals surface area contributed by atoms with Crippen LogP contribution in [-0.2, 0) is 4.79 Å². The molecular formula is C12H24BrNO. The Labute approximate surface area is 103 Å². The predicted octanol–water partition coefficient (Wildman–Crippen LogP) is 3.30. The zero-order valence-electron chi connectivity index (χ0n) is 10.6. The van der Waals surface area contributed by atoms with Crippen LogP contribution in [0, 0.1) is 11.3 Å². The summed E-state index contributed by atoms with van der Waals surface area (Å²) in [5.74, 6) is 0.690. The highest BCUT2D eigenvalue weighted by Crippen LogP contribution is 2.28. The summed E-state index contributed by atoms with van der Waals surface area (Å²) in [4.78, 5) is 13.7. The number of halogens is 1. The van der Waals surface area contributed by atoms with E-state index in [1.54, 1.807) is 0 Å². The van der Waals surface area contributed by atoms with Gasteiger partial charge in [0, 0.05) is 25.3 Å². The first-order valence-electron chi connectivity index (χ1n) is 5.59. The van der Waals surface area contributed by atoms with Gasteiger partial charge in [0.15, 0.2) is 0 Å². The molecule has 0 N–H and O–H groups in total. The minimum absolute atomic E-state index is 0.214. The first kappa shape index (κ1) is 14.9. The van der Waals surface area contributed by atoms with Gasteiger partial charge in [-0.25, -0.2) is 0 Å². The van der Waals surface area contributed by atoms with E-state index in [2.05, 4.69) is 43.6 Å². The maximum absolute atomic E-state index is 11.8. The van der Waals surface area contributed by atoms with Crippen molar-refractivity contribution in [2.45, 2.75) is 40.5 Å². The fourth-order valence-electron chi connectivity index (χ4n) is 1.15. The Kier molecular flexibility index (Phi) is 6.49. The molecule has 0 saturated heterocycles. The van der Waals surface area contributed by atoms with Crippen LogP contribution in [0.25, 0.3) is 0 Å². The Bertz CT molecular complexity index is 198. The third kappa shape index (κ3) is 6.18. The molecule has 1 atom stereocenters. The highest BCUT2D eigenvalue weighted by molar-refractivity contribution is 9.09. The molecule has 2 nitrogen and oxygen atoms in total. The van der Waals surface area contributed by atoms with E-state index in [-0.39, 0.29) is 11.3 Å². The van der Waals surface area contributed by atoms with Gasteiger partial charge >= 0.3 is 0 Å². The molecule has 0 heterocycles. The van der Waals surface area contributed by atoms with E-state index in [4.69, 9.17) is 0 Å². The summed E-state index contributed by atoms with van der Waals surface area (Å²) >= 11 is 3.37. The number of carbonyl (C=O) groups is 1. The summed E-state index contributed by atoms with van der Waals surface area (Å²) in [6.45, 7) is 9.55. The smallest absolute Gasteiger partial charge is 0.222 e. The molecular weight excluding hydrogens is 254 g/mol. The summed E-state index contributed by atoms with van der Waals surface area (Å²) in [5.41, 5.74) is 0.214. The molecule has 0 bridgehead atoms. The topological polar surface area (TPSA) is 20.3 Å². The van der Waals surface area contributed by atoms with E-state index < -0.39 is 0 Å². The van der Waals surface area contributed by atoms with Gasteiger partial charge in [-0.1, -0.05) is 43.6 Å². The van der Waals surface area contributed by atoms with Crippen LogP contribution >= 0.6 is 15.9 Å². The maximum atomic E-state index is 11.8. The predicted molar refractivity (Wildman–Crippen MR) is 69.3 cm³/mol. The van der Waals surface area contributed by atoms with Crippen LogP contribution in [0.5, 0.6) is 0 Å². The van der Waals surface area contributed by atoms with E-state index in [0.29, 0.717) is 12.3 Å². The Morgan fingerprint density at radius 3 is 2.33 bits per heavy atom. The average Bonchev–Trinajstić information content (AvgIpc) is 2.12. The summed E-state index contributed by atoms with van der Waals surface area (Å²) in [6, 6.07) is 0. The van der Waals surface area contributed by atoms with Crippen molar-refractivity contribution in [3.63, 3.8) is 0 Å². The fourth-order valence-corrected chi connectivity index (χ4v) is 1.40. The van der Waals surface area contributed by atoms with Crippen LogP contribution < -0.4 is 0 Å². The van der Waals surface area contributed by atoms with Crippen LogP contribution in [0.3, 0.4) is 0 Å². The quantitative estimate of drug-likeness (QED) is 0.707. The van der Waals surface area contributed by atoms with Crippen molar-refractivity contribution in [1.29, 1.82) is 0 Å². The molecule has 0 aliphatic carbocycles. The normalized spacial score (nSPS) is 13.7. The number of alkyl halides is 1. The first-order valence-corrected chi connectivity index (χ1v) is 6.71. The first-order chi connectivity index (χ1) is 6.79. The lowest BCUT2D eigenvalue weighted by Crippen LogP contribution is -2.31. The largest absolute Gasteiger partial charge is 0.346 e. The van der Waals surface area contributed by atoms with Gasteiger partial charge in [0.2, 0.25) is 5.91 Å². The molecule has 0 saturated carbocycles. The molecule has 3 heteroatoms. The maximum Gasteiger partial charge on any atom is 0.222 e. The number of nitrogens with zero attached hydrogens (tertiary/aromatic N) is 1. The van der Waals surface area contributed by atoms with Gasteiger partial charge < -0.3 is 4.90 Å². The molecule has 0 spiro atoms. The van der Waals surface area contributed by atoms with E-state index in [9.17, 15) is 4.79 Å². The van der Waals surface area contributed by atoms with Crippen LogP contribution in [-0.4, -0.2) is 29.7 Å². The van der Waals surface area contributed by atoms with Crippen molar-refractivity contribution < 1.29 is 4.79 Å². The molecule has 0 radical (unpaired) electrons. The van der Waals surface area contributed by atoms with E-state index in [0.717, 1.165) is 18.3 Å². The lowest BCUT2D eigenvalue weighted by Gasteiger charge is -2.28. The summed E-state index contributed by atoms with van der Waals surface area (Å²) < 4.78 is 0. The summed E-state index contributed by atoms with van der Waals surface area (Å²) in [5, 5.41) is 0.958. The van der Waals surface area contributed by atoms with Crippen molar-refractivity contribution in [2.24, 2.45) is 11.3 Å². The number of amides is 1. The number of hydrogen-bond acceptors (Lipinski definition) is 1. The minimum atomic E-state index is 0.214. The highest BCUT2D eigenvalue weighted by Gasteiger charge is 2.23. The van der Waals surface area contributed by atoms with E-state index in [1.807, 2.05) is 11.9 Å². The van der Waals surface area contributed by atoms with Gasteiger partial charge in [0.25, 0.3) is 0 Å². The van der Waals surface area contributed by atoms with Gasteiger partial charge in [-0.15, -0.1) is 0 Å². The van der Waals surface area contributed by atoms with Crippen molar-refractivity contribution in [1.82, 2.24) is 4.90 Å². The fraction of sp³-hybridized carbons (Fsp3) is 0.917. The monoisotopic (exact) mass is 277 g/mol. The van der Waals surface area contributed by atoms with Crippen LogP contribution in [0.1, 0.15) is 40.5 Å². The van der Waals surface area contributed by atoms with Crippen molar-refractivity contribution in [3.05, 3.63) is 0 Å². The van der Waals surface area contributed by atoms with Crippen LogP contribution in [0.2, 0.25) is 0 Å². The molecule has 0 aromatic rings. The zero-order valence-corrected chi connectivity index (χ0v) is 12.2. The van der Waals surface area contributed by atoms with Crippen molar-refractivity contribution in [3.8, 4) is 0 Å². The molecule has 0 aromatic carbocycles. The van der Waals surface area contributed by atoms with E-state index in [1.165, 1.54) is 0 Å². The van der Waals surface area contributed by atoms with Crippen molar-refractivity contribution in [2.75, 3.05) is 18.9 Å². The van der Waals surface area contributed by atoms with Crippen LogP contribution in [0.4, 0.5) is 0 Å². The van der Waals surface area contributed by atoms with Gasteiger partial charge in [0.05, 0.1) is 0 Å². The van der Waals surface area contributed by atoms with Gasteiger partial charge in [0.1, 0.15) is 0 Å². The van der Waals surface area contributed by atoms with E-state index >= 15 is 0 Å². The summed E-state index contributed by atoms with van der Waals surface area (Å²) in [6.07, 6.45) is 1.68. The van der Waals surface area contributed by atoms with Crippen molar-refractivity contribution >= 4 is 21.8 Å². The van der Waals surface area contributed by atoms with Gasteiger partial charge in [-0.05, 0) is 17.8 Å². The SMILES string of the molecule is CC(CC(=O)N(C)CCCBr)C(C)(C)C. The highest BCUT2D eigenvalue weighted by atomic mass is 79.9.